The molecule has 2 unspecified atom stereocenters. The van der Waals surface area contributed by atoms with E-state index in [1.165, 1.54) is 17.1 Å². The van der Waals surface area contributed by atoms with E-state index in [0.717, 1.165) is 12.8 Å². The van der Waals surface area contributed by atoms with Crippen molar-refractivity contribution in [2.75, 3.05) is 6.61 Å². The average Bonchev–Trinajstić information content (AvgIpc) is 2.35. The van der Waals surface area contributed by atoms with Crippen molar-refractivity contribution in [1.29, 1.82) is 0 Å². The third-order valence-corrected chi connectivity index (χ3v) is 2.79. The third-order valence-electron chi connectivity index (χ3n) is 2.79. The van der Waals surface area contributed by atoms with E-state index in [-0.39, 0.29) is 30.4 Å². The molecule has 0 spiro atoms. The molecule has 0 radical (unpaired) electrons. The number of aliphatic hydroxyl groups is 1. The molecular formula is C9H11NO3. The van der Waals surface area contributed by atoms with Crippen LogP contribution < -0.4 is 0 Å². The first-order valence-corrected chi connectivity index (χ1v) is 4.40. The molecule has 2 atom stereocenters. The fraction of sp³-hybridized carbons (Fsp3) is 0.556. The topological polar surface area (TPSA) is 57.6 Å². The second kappa shape index (κ2) is 2.96. The molecule has 2 rings (SSSR count). The number of hydrogen-bond acceptors (Lipinski definition) is 3. The van der Waals surface area contributed by atoms with Crippen molar-refractivity contribution in [3.63, 3.8) is 0 Å². The van der Waals surface area contributed by atoms with Crippen molar-refractivity contribution in [1.82, 2.24) is 4.90 Å². The number of carbonyl (C=O) groups excluding carboxylic acids is 2. The first-order valence-electron chi connectivity index (χ1n) is 4.40. The van der Waals surface area contributed by atoms with Gasteiger partial charge in [-0.25, -0.2) is 0 Å². The van der Waals surface area contributed by atoms with E-state index >= 15 is 0 Å². The number of nitrogens with zero attached hydrogens (tertiary/aromatic N) is 1. The van der Waals surface area contributed by atoms with Gasteiger partial charge in [0.25, 0.3) is 11.8 Å². The van der Waals surface area contributed by atoms with E-state index < -0.39 is 0 Å². The van der Waals surface area contributed by atoms with Crippen LogP contribution in [0.15, 0.2) is 12.2 Å². The Kier molecular flexibility index (Phi) is 1.92. The maximum absolute atomic E-state index is 11.2. The molecule has 1 N–H and O–H groups in total. The van der Waals surface area contributed by atoms with Gasteiger partial charge in [-0.2, -0.15) is 0 Å². The standard InChI is InChI=1S/C9H11NO3/c11-5-6-1-2-7(6)10-8(12)3-4-9(10)13/h3-4,6-7,11H,1-2,5H2. The lowest BCUT2D eigenvalue weighted by Gasteiger charge is -2.40. The molecule has 70 valence electrons. The molecule has 1 aliphatic carbocycles. The zero-order valence-corrected chi connectivity index (χ0v) is 7.14. The Labute approximate surface area is 75.8 Å². The van der Waals surface area contributed by atoms with Gasteiger partial charge in [0.1, 0.15) is 0 Å². The minimum Gasteiger partial charge on any atom is -0.396 e. The van der Waals surface area contributed by atoms with E-state index in [1.807, 2.05) is 0 Å². The Balaban J connectivity index is 2.09. The normalized spacial score (nSPS) is 32.5. The van der Waals surface area contributed by atoms with Gasteiger partial charge in [0, 0.05) is 30.7 Å². The number of rotatable bonds is 2. The predicted molar refractivity (Wildman–Crippen MR) is 44.6 cm³/mol. The lowest BCUT2D eigenvalue weighted by Crippen LogP contribution is -2.51. The van der Waals surface area contributed by atoms with Crippen molar-refractivity contribution in [2.45, 2.75) is 18.9 Å². The molecule has 4 nitrogen and oxygen atoms in total. The van der Waals surface area contributed by atoms with Crippen molar-refractivity contribution < 1.29 is 14.7 Å². The molecule has 2 aliphatic rings. The summed E-state index contributed by atoms with van der Waals surface area (Å²) in [6.07, 6.45) is 4.30. The summed E-state index contributed by atoms with van der Waals surface area (Å²) in [4.78, 5) is 23.7. The second-order valence-corrected chi connectivity index (χ2v) is 3.47. The average molecular weight is 181 g/mol. The van der Waals surface area contributed by atoms with Crippen LogP contribution in [-0.2, 0) is 9.59 Å². The molecule has 1 heterocycles. The second-order valence-electron chi connectivity index (χ2n) is 3.47. The van der Waals surface area contributed by atoms with Crippen molar-refractivity contribution in [2.24, 2.45) is 5.92 Å². The predicted octanol–water partition coefficient (Wildman–Crippen LogP) is -0.318. The number of amides is 2. The molecule has 1 aliphatic heterocycles. The van der Waals surface area contributed by atoms with Gasteiger partial charge in [0.15, 0.2) is 0 Å². The Morgan fingerprint density at radius 1 is 1.31 bits per heavy atom. The molecule has 0 bridgehead atoms. The quantitative estimate of drug-likeness (QED) is 0.594. The molecule has 0 aromatic rings. The summed E-state index contributed by atoms with van der Waals surface area (Å²) in [5, 5.41) is 8.92. The highest BCUT2D eigenvalue weighted by atomic mass is 16.3. The summed E-state index contributed by atoms with van der Waals surface area (Å²) >= 11 is 0. The summed E-state index contributed by atoms with van der Waals surface area (Å²) in [7, 11) is 0. The maximum atomic E-state index is 11.2. The number of aliphatic hydroxyl groups excluding tert-OH is 1. The highest BCUT2D eigenvalue weighted by Gasteiger charge is 2.41. The van der Waals surface area contributed by atoms with Gasteiger partial charge in [0.2, 0.25) is 0 Å². The lowest BCUT2D eigenvalue weighted by molar-refractivity contribution is -0.144. The fourth-order valence-electron chi connectivity index (χ4n) is 1.84. The Hall–Kier alpha value is -1.16. The van der Waals surface area contributed by atoms with Gasteiger partial charge in [-0.15, -0.1) is 0 Å². The van der Waals surface area contributed by atoms with E-state index in [4.69, 9.17) is 5.11 Å². The van der Waals surface area contributed by atoms with Crippen LogP contribution in [0.4, 0.5) is 0 Å². The van der Waals surface area contributed by atoms with Gasteiger partial charge < -0.3 is 5.11 Å². The SMILES string of the molecule is O=C1C=CC(=O)N1C1CCC1CO. The molecule has 1 fully saturated rings. The smallest absolute Gasteiger partial charge is 0.253 e. The summed E-state index contributed by atoms with van der Waals surface area (Å²) in [5.74, 6) is -0.394. The number of carbonyl (C=O) groups is 2. The molecule has 0 saturated heterocycles. The van der Waals surface area contributed by atoms with Crippen LogP contribution >= 0.6 is 0 Å². The van der Waals surface area contributed by atoms with Gasteiger partial charge in [0.05, 0.1) is 0 Å². The van der Waals surface area contributed by atoms with Crippen LogP contribution in [0.1, 0.15) is 12.8 Å². The zero-order valence-electron chi connectivity index (χ0n) is 7.14. The summed E-state index contributed by atoms with van der Waals surface area (Å²) < 4.78 is 0. The van der Waals surface area contributed by atoms with E-state index in [2.05, 4.69) is 0 Å². The molecule has 1 saturated carbocycles. The van der Waals surface area contributed by atoms with Crippen LogP contribution in [0.5, 0.6) is 0 Å². The summed E-state index contributed by atoms with van der Waals surface area (Å²) in [5.41, 5.74) is 0. The van der Waals surface area contributed by atoms with E-state index in [1.54, 1.807) is 0 Å². The van der Waals surface area contributed by atoms with Gasteiger partial charge >= 0.3 is 0 Å². The van der Waals surface area contributed by atoms with Crippen LogP contribution in [0.3, 0.4) is 0 Å². The highest BCUT2D eigenvalue weighted by molar-refractivity contribution is 6.13. The first-order chi connectivity index (χ1) is 6.24. The monoisotopic (exact) mass is 181 g/mol. The van der Waals surface area contributed by atoms with Crippen molar-refractivity contribution in [3.05, 3.63) is 12.2 Å². The third kappa shape index (κ3) is 1.18. The van der Waals surface area contributed by atoms with Crippen LogP contribution in [0.25, 0.3) is 0 Å². The van der Waals surface area contributed by atoms with Gasteiger partial charge in [-0.3, -0.25) is 14.5 Å². The molecular weight excluding hydrogens is 170 g/mol. The van der Waals surface area contributed by atoms with Gasteiger partial charge in [-0.1, -0.05) is 0 Å². The van der Waals surface area contributed by atoms with Gasteiger partial charge in [-0.05, 0) is 12.8 Å². The Bertz CT molecular complexity index is 265. The molecule has 2 amide bonds. The Morgan fingerprint density at radius 2 is 1.92 bits per heavy atom. The van der Waals surface area contributed by atoms with Crippen LogP contribution in [-0.4, -0.2) is 34.5 Å². The molecule has 13 heavy (non-hydrogen) atoms. The molecule has 4 heteroatoms. The Morgan fingerprint density at radius 3 is 2.31 bits per heavy atom. The summed E-state index contributed by atoms with van der Waals surface area (Å²) in [6.45, 7) is 0.0573. The maximum Gasteiger partial charge on any atom is 0.253 e. The lowest BCUT2D eigenvalue weighted by atomic mass is 9.79. The first kappa shape index (κ1) is 8.44. The highest BCUT2D eigenvalue weighted by Crippen LogP contribution is 2.33. The largest absolute Gasteiger partial charge is 0.396 e. The number of hydrogen-bond donors (Lipinski definition) is 1. The minimum atomic E-state index is -0.242. The van der Waals surface area contributed by atoms with E-state index in [0.29, 0.717) is 0 Å². The van der Waals surface area contributed by atoms with Crippen molar-refractivity contribution >= 4 is 11.8 Å². The zero-order chi connectivity index (χ0) is 9.42. The van der Waals surface area contributed by atoms with E-state index in [9.17, 15) is 9.59 Å². The molecule has 0 aromatic heterocycles. The minimum absolute atomic E-state index is 0.0573. The van der Waals surface area contributed by atoms with Crippen LogP contribution in [0, 0.1) is 5.92 Å². The number of imide groups is 1. The summed E-state index contributed by atoms with van der Waals surface area (Å²) in [6, 6.07) is -0.0694. The van der Waals surface area contributed by atoms with Crippen LogP contribution in [0.2, 0.25) is 0 Å². The molecule has 0 aromatic carbocycles. The fourth-order valence-corrected chi connectivity index (χ4v) is 1.84. The van der Waals surface area contributed by atoms with Crippen molar-refractivity contribution in [3.8, 4) is 0 Å².